The van der Waals surface area contributed by atoms with Crippen molar-refractivity contribution in [2.45, 2.75) is 32.2 Å². The Bertz CT molecular complexity index is 491. The zero-order chi connectivity index (χ0) is 14.0. The van der Waals surface area contributed by atoms with Crippen LogP contribution >= 0.6 is 0 Å². The quantitative estimate of drug-likeness (QED) is 0.829. The predicted octanol–water partition coefficient (Wildman–Crippen LogP) is -0.203. The molecule has 0 aromatic carbocycles. The zero-order valence-corrected chi connectivity index (χ0v) is 11.4. The minimum atomic E-state index is 0.0970. The maximum absolute atomic E-state index is 12.1. The highest BCUT2D eigenvalue weighted by molar-refractivity contribution is 5.79. The number of nitrogens with one attached hydrogen (secondary N) is 1. The molecule has 20 heavy (non-hydrogen) atoms. The van der Waals surface area contributed by atoms with E-state index in [2.05, 4.69) is 15.6 Å². The van der Waals surface area contributed by atoms with Gasteiger partial charge in [0.15, 0.2) is 0 Å². The smallest absolute Gasteiger partial charge is 0.224 e. The highest BCUT2D eigenvalue weighted by Gasteiger charge is 2.41. The van der Waals surface area contributed by atoms with Gasteiger partial charge in [-0.3, -0.25) is 14.3 Å². The van der Waals surface area contributed by atoms with Crippen LogP contribution in [0.1, 0.15) is 25.7 Å². The molecule has 7 nitrogen and oxygen atoms in total. The fourth-order valence-electron chi connectivity index (χ4n) is 3.06. The van der Waals surface area contributed by atoms with Crippen molar-refractivity contribution >= 4 is 11.8 Å². The molecule has 0 unspecified atom stereocenters. The van der Waals surface area contributed by atoms with Crippen molar-refractivity contribution in [1.29, 1.82) is 0 Å². The van der Waals surface area contributed by atoms with E-state index in [1.807, 2.05) is 4.90 Å². The van der Waals surface area contributed by atoms with Gasteiger partial charge in [-0.1, -0.05) is 5.21 Å². The van der Waals surface area contributed by atoms with E-state index in [-0.39, 0.29) is 17.2 Å². The second-order valence-electron chi connectivity index (χ2n) is 5.75. The first-order valence-corrected chi connectivity index (χ1v) is 7.06. The van der Waals surface area contributed by atoms with Crippen molar-refractivity contribution in [3.63, 3.8) is 0 Å². The van der Waals surface area contributed by atoms with E-state index >= 15 is 0 Å². The highest BCUT2D eigenvalue weighted by Crippen LogP contribution is 2.37. The van der Waals surface area contributed by atoms with E-state index in [1.165, 1.54) is 0 Å². The Balaban J connectivity index is 1.48. The Morgan fingerprint density at radius 1 is 1.40 bits per heavy atom. The summed E-state index contributed by atoms with van der Waals surface area (Å²) in [7, 11) is 0. The molecule has 0 aliphatic carbocycles. The number of carbonyl (C=O) groups excluding carboxylic acids is 2. The van der Waals surface area contributed by atoms with Gasteiger partial charge in [0.1, 0.15) is 0 Å². The molecule has 0 radical (unpaired) electrons. The molecule has 108 valence electrons. The fourth-order valence-corrected chi connectivity index (χ4v) is 3.06. The maximum Gasteiger partial charge on any atom is 0.224 e. The standard InChI is InChI=1S/C13H19N5O2/c19-11-9-13(10-14-11)2-6-17(7-3-13)12(20)1-5-18-8-4-15-16-18/h4,8H,1-3,5-7,9-10H2,(H,14,19). The predicted molar refractivity (Wildman–Crippen MR) is 70.5 cm³/mol. The van der Waals surface area contributed by atoms with Crippen LogP contribution in [0.2, 0.25) is 0 Å². The number of amides is 2. The van der Waals surface area contributed by atoms with Crippen LogP contribution in [-0.2, 0) is 16.1 Å². The number of nitrogens with zero attached hydrogens (tertiary/aromatic N) is 4. The van der Waals surface area contributed by atoms with Crippen molar-refractivity contribution in [2.24, 2.45) is 5.41 Å². The first-order chi connectivity index (χ1) is 9.67. The SMILES string of the molecule is O=C1CC2(CCN(C(=O)CCn3ccnn3)CC2)CN1. The van der Waals surface area contributed by atoms with E-state index in [1.54, 1.807) is 17.1 Å². The van der Waals surface area contributed by atoms with Crippen LogP contribution in [-0.4, -0.2) is 51.3 Å². The minimum absolute atomic E-state index is 0.0970. The summed E-state index contributed by atoms with van der Waals surface area (Å²) in [5, 5.41) is 10.5. The molecule has 2 aliphatic rings. The monoisotopic (exact) mass is 277 g/mol. The molecule has 2 amide bonds. The summed E-state index contributed by atoms with van der Waals surface area (Å²) in [6.07, 6.45) is 6.27. The fraction of sp³-hybridized carbons (Fsp3) is 0.692. The number of hydrogen-bond donors (Lipinski definition) is 1. The molecule has 2 aliphatic heterocycles. The number of piperidine rings is 1. The van der Waals surface area contributed by atoms with Crippen molar-refractivity contribution in [3.05, 3.63) is 12.4 Å². The maximum atomic E-state index is 12.1. The zero-order valence-electron chi connectivity index (χ0n) is 11.4. The van der Waals surface area contributed by atoms with Gasteiger partial charge in [-0.25, -0.2) is 0 Å². The number of carbonyl (C=O) groups is 2. The topological polar surface area (TPSA) is 80.1 Å². The van der Waals surface area contributed by atoms with Gasteiger partial charge in [0.25, 0.3) is 0 Å². The second kappa shape index (κ2) is 5.22. The van der Waals surface area contributed by atoms with Crippen LogP contribution in [0.5, 0.6) is 0 Å². The van der Waals surface area contributed by atoms with Gasteiger partial charge in [0.2, 0.25) is 11.8 Å². The third-order valence-corrected chi connectivity index (χ3v) is 4.40. The number of hydrogen-bond acceptors (Lipinski definition) is 4. The molecular formula is C13H19N5O2. The number of aromatic nitrogens is 3. The lowest BCUT2D eigenvalue weighted by Crippen LogP contribution is -2.44. The molecule has 1 aromatic heterocycles. The molecule has 1 aromatic rings. The summed E-state index contributed by atoms with van der Waals surface area (Å²) in [6, 6.07) is 0. The van der Waals surface area contributed by atoms with Gasteiger partial charge in [0.05, 0.1) is 12.7 Å². The molecule has 0 bridgehead atoms. The van der Waals surface area contributed by atoms with E-state index < -0.39 is 0 Å². The van der Waals surface area contributed by atoms with Crippen molar-refractivity contribution in [3.8, 4) is 0 Å². The average molecular weight is 277 g/mol. The number of rotatable bonds is 3. The van der Waals surface area contributed by atoms with Crippen LogP contribution in [0.4, 0.5) is 0 Å². The molecule has 3 rings (SSSR count). The molecular weight excluding hydrogens is 258 g/mol. The van der Waals surface area contributed by atoms with Crippen molar-refractivity contribution in [1.82, 2.24) is 25.2 Å². The molecule has 1 N–H and O–H groups in total. The number of likely N-dealkylation sites (tertiary alicyclic amines) is 1. The molecule has 3 heterocycles. The summed E-state index contributed by atoms with van der Waals surface area (Å²) < 4.78 is 1.67. The molecule has 1 spiro atoms. The Morgan fingerprint density at radius 3 is 2.80 bits per heavy atom. The van der Waals surface area contributed by atoms with E-state index in [0.717, 1.165) is 32.5 Å². The Morgan fingerprint density at radius 2 is 2.20 bits per heavy atom. The average Bonchev–Trinajstić information content (AvgIpc) is 3.08. The summed E-state index contributed by atoms with van der Waals surface area (Å²) in [4.78, 5) is 25.4. The summed E-state index contributed by atoms with van der Waals surface area (Å²) >= 11 is 0. The van der Waals surface area contributed by atoms with Crippen LogP contribution in [0.15, 0.2) is 12.4 Å². The third kappa shape index (κ3) is 2.66. The summed E-state index contributed by atoms with van der Waals surface area (Å²) in [6.45, 7) is 2.85. The molecule has 2 fully saturated rings. The van der Waals surface area contributed by atoms with Crippen LogP contribution in [0.25, 0.3) is 0 Å². The van der Waals surface area contributed by atoms with Crippen LogP contribution in [0.3, 0.4) is 0 Å². The van der Waals surface area contributed by atoms with Crippen LogP contribution in [0, 0.1) is 5.41 Å². The first kappa shape index (κ1) is 13.1. The van der Waals surface area contributed by atoms with Gasteiger partial charge in [-0.2, -0.15) is 0 Å². The second-order valence-corrected chi connectivity index (χ2v) is 5.75. The lowest BCUT2D eigenvalue weighted by Gasteiger charge is -2.38. The van der Waals surface area contributed by atoms with Gasteiger partial charge < -0.3 is 10.2 Å². The minimum Gasteiger partial charge on any atom is -0.356 e. The largest absolute Gasteiger partial charge is 0.356 e. The Kier molecular flexibility index (Phi) is 3.42. The van der Waals surface area contributed by atoms with Crippen LogP contribution < -0.4 is 5.32 Å². The van der Waals surface area contributed by atoms with Gasteiger partial charge in [-0.05, 0) is 18.3 Å². The normalized spacial score (nSPS) is 21.2. The van der Waals surface area contributed by atoms with Gasteiger partial charge >= 0.3 is 0 Å². The van der Waals surface area contributed by atoms with E-state index in [9.17, 15) is 9.59 Å². The van der Waals surface area contributed by atoms with E-state index in [0.29, 0.717) is 19.4 Å². The first-order valence-electron chi connectivity index (χ1n) is 7.06. The molecule has 7 heteroatoms. The van der Waals surface area contributed by atoms with Crippen molar-refractivity contribution < 1.29 is 9.59 Å². The third-order valence-electron chi connectivity index (χ3n) is 4.40. The molecule has 0 atom stereocenters. The summed E-state index contributed by atoms with van der Waals surface area (Å²) in [5.41, 5.74) is 0.0970. The van der Waals surface area contributed by atoms with Gasteiger partial charge in [-0.15, -0.1) is 5.10 Å². The highest BCUT2D eigenvalue weighted by atomic mass is 16.2. The van der Waals surface area contributed by atoms with E-state index in [4.69, 9.17) is 0 Å². The summed E-state index contributed by atoms with van der Waals surface area (Å²) in [5.74, 6) is 0.309. The Labute approximate surface area is 117 Å². The van der Waals surface area contributed by atoms with Gasteiger partial charge in [0, 0.05) is 38.7 Å². The lowest BCUT2D eigenvalue weighted by atomic mass is 9.77. The lowest BCUT2D eigenvalue weighted by molar-refractivity contribution is -0.133. The number of aryl methyl sites for hydroxylation is 1. The molecule has 0 saturated carbocycles. The van der Waals surface area contributed by atoms with Crippen molar-refractivity contribution in [2.75, 3.05) is 19.6 Å². The Hall–Kier alpha value is -1.92. The molecule has 2 saturated heterocycles.